The largest absolute Gasteiger partial charge is 0.368 e. The summed E-state index contributed by atoms with van der Waals surface area (Å²) in [5.74, 6) is 0.0960. The number of hydrogen-bond acceptors (Lipinski definition) is 3. The van der Waals surface area contributed by atoms with E-state index in [1.165, 1.54) is 0 Å². The van der Waals surface area contributed by atoms with Crippen molar-refractivity contribution in [3.05, 3.63) is 29.3 Å². The van der Waals surface area contributed by atoms with Crippen LogP contribution in [0, 0.1) is 0 Å². The van der Waals surface area contributed by atoms with Crippen molar-refractivity contribution in [1.29, 1.82) is 0 Å². The Labute approximate surface area is 138 Å². The number of rotatable bonds is 3. The second kappa shape index (κ2) is 6.88. The van der Waals surface area contributed by atoms with E-state index in [2.05, 4.69) is 15.1 Å². The standard InChI is InChI=1S/C17H26ClN3O/c1-13(16(22)19-17(2,3)4)20-9-11-21(12-10-20)15-8-6-5-7-14(15)18/h5-8,13H,9-12H2,1-4H3,(H,19,22). The van der Waals surface area contributed by atoms with Gasteiger partial charge in [-0.1, -0.05) is 23.7 Å². The molecule has 1 unspecified atom stereocenters. The minimum atomic E-state index is -0.190. The second-order valence-electron chi connectivity index (χ2n) is 6.89. The van der Waals surface area contributed by atoms with Crippen LogP contribution in [0.25, 0.3) is 0 Å². The van der Waals surface area contributed by atoms with Crippen molar-refractivity contribution >= 4 is 23.2 Å². The number of halogens is 1. The van der Waals surface area contributed by atoms with Crippen molar-refractivity contribution in [3.63, 3.8) is 0 Å². The summed E-state index contributed by atoms with van der Waals surface area (Å²) in [5, 5.41) is 3.84. The summed E-state index contributed by atoms with van der Waals surface area (Å²) < 4.78 is 0. The van der Waals surface area contributed by atoms with E-state index in [9.17, 15) is 4.79 Å². The Morgan fingerprint density at radius 1 is 1.18 bits per heavy atom. The van der Waals surface area contributed by atoms with Crippen molar-refractivity contribution < 1.29 is 4.79 Å². The molecule has 4 nitrogen and oxygen atoms in total. The highest BCUT2D eigenvalue weighted by Gasteiger charge is 2.27. The molecular weight excluding hydrogens is 298 g/mol. The van der Waals surface area contributed by atoms with Crippen LogP contribution in [-0.4, -0.2) is 48.6 Å². The van der Waals surface area contributed by atoms with Crippen LogP contribution in [0.4, 0.5) is 5.69 Å². The highest BCUT2D eigenvalue weighted by Crippen LogP contribution is 2.26. The molecule has 0 saturated carbocycles. The predicted molar refractivity (Wildman–Crippen MR) is 92.6 cm³/mol. The average Bonchev–Trinajstić information content (AvgIpc) is 2.45. The molecule has 1 aromatic rings. The van der Waals surface area contributed by atoms with Crippen LogP contribution in [0.15, 0.2) is 24.3 Å². The van der Waals surface area contributed by atoms with Crippen molar-refractivity contribution in [2.75, 3.05) is 31.1 Å². The minimum Gasteiger partial charge on any atom is -0.368 e. The molecule has 0 radical (unpaired) electrons. The highest BCUT2D eigenvalue weighted by atomic mass is 35.5. The Balaban J connectivity index is 1.92. The number of carbonyl (C=O) groups is 1. The Hall–Kier alpha value is -1.26. The monoisotopic (exact) mass is 323 g/mol. The number of nitrogens with one attached hydrogen (secondary N) is 1. The van der Waals surface area contributed by atoms with E-state index in [1.807, 2.05) is 52.0 Å². The fourth-order valence-electron chi connectivity index (χ4n) is 2.70. The van der Waals surface area contributed by atoms with Gasteiger partial charge in [0.25, 0.3) is 0 Å². The number of hydrogen-bond donors (Lipinski definition) is 1. The molecule has 1 atom stereocenters. The number of piperazine rings is 1. The van der Waals surface area contributed by atoms with Crippen molar-refractivity contribution in [2.24, 2.45) is 0 Å². The van der Waals surface area contributed by atoms with E-state index in [-0.39, 0.29) is 17.5 Å². The summed E-state index contributed by atoms with van der Waals surface area (Å²) in [6, 6.07) is 7.82. The maximum Gasteiger partial charge on any atom is 0.237 e. The van der Waals surface area contributed by atoms with Gasteiger partial charge in [-0.05, 0) is 39.8 Å². The Morgan fingerprint density at radius 2 is 1.77 bits per heavy atom. The molecule has 122 valence electrons. The summed E-state index contributed by atoms with van der Waals surface area (Å²) in [5.41, 5.74) is 0.890. The molecule has 1 saturated heterocycles. The van der Waals surface area contributed by atoms with Gasteiger partial charge in [-0.15, -0.1) is 0 Å². The molecule has 1 aromatic carbocycles. The van der Waals surface area contributed by atoms with Gasteiger partial charge in [-0.3, -0.25) is 9.69 Å². The number of amides is 1. The molecule has 1 aliphatic heterocycles. The van der Waals surface area contributed by atoms with Crippen LogP contribution < -0.4 is 10.2 Å². The van der Waals surface area contributed by atoms with Gasteiger partial charge in [0, 0.05) is 31.7 Å². The van der Waals surface area contributed by atoms with E-state index < -0.39 is 0 Å². The quantitative estimate of drug-likeness (QED) is 0.929. The van der Waals surface area contributed by atoms with Gasteiger partial charge in [0.05, 0.1) is 16.8 Å². The molecular formula is C17H26ClN3O. The maximum atomic E-state index is 12.3. The predicted octanol–water partition coefficient (Wildman–Crippen LogP) is 2.77. The van der Waals surface area contributed by atoms with E-state index in [1.54, 1.807) is 0 Å². The smallest absolute Gasteiger partial charge is 0.237 e. The summed E-state index contributed by atoms with van der Waals surface area (Å²) in [6.07, 6.45) is 0. The van der Waals surface area contributed by atoms with Crippen LogP contribution in [0.2, 0.25) is 5.02 Å². The lowest BCUT2D eigenvalue weighted by Crippen LogP contribution is -2.56. The third kappa shape index (κ3) is 4.37. The topological polar surface area (TPSA) is 35.6 Å². The lowest BCUT2D eigenvalue weighted by Gasteiger charge is -2.39. The fraction of sp³-hybridized carbons (Fsp3) is 0.588. The first kappa shape index (κ1) is 17.1. The molecule has 5 heteroatoms. The zero-order valence-electron chi connectivity index (χ0n) is 13.9. The van der Waals surface area contributed by atoms with Crippen LogP contribution in [0.3, 0.4) is 0 Å². The van der Waals surface area contributed by atoms with Gasteiger partial charge in [-0.2, -0.15) is 0 Å². The molecule has 0 bridgehead atoms. The number of carbonyl (C=O) groups excluding carboxylic acids is 1. The summed E-state index contributed by atoms with van der Waals surface area (Å²) in [7, 11) is 0. The molecule has 22 heavy (non-hydrogen) atoms. The van der Waals surface area contributed by atoms with Crippen molar-refractivity contribution in [3.8, 4) is 0 Å². The van der Waals surface area contributed by atoms with Gasteiger partial charge >= 0.3 is 0 Å². The molecule has 0 aromatic heterocycles. The summed E-state index contributed by atoms with van der Waals surface area (Å²) >= 11 is 6.26. The van der Waals surface area contributed by atoms with Gasteiger partial charge < -0.3 is 10.2 Å². The molecule has 1 aliphatic rings. The van der Waals surface area contributed by atoms with Crippen LogP contribution in [0.5, 0.6) is 0 Å². The Kier molecular flexibility index (Phi) is 5.35. The zero-order valence-corrected chi connectivity index (χ0v) is 14.7. The molecule has 2 rings (SSSR count). The van der Waals surface area contributed by atoms with Crippen molar-refractivity contribution in [2.45, 2.75) is 39.3 Å². The molecule has 1 N–H and O–H groups in total. The maximum absolute atomic E-state index is 12.3. The first-order valence-electron chi connectivity index (χ1n) is 7.83. The SMILES string of the molecule is CC(C(=O)NC(C)(C)C)N1CCN(c2ccccc2Cl)CC1. The molecule has 0 spiro atoms. The highest BCUT2D eigenvalue weighted by molar-refractivity contribution is 6.33. The summed E-state index contributed by atoms with van der Waals surface area (Å²) in [4.78, 5) is 16.8. The summed E-state index contributed by atoms with van der Waals surface area (Å²) in [6.45, 7) is 11.5. The first-order valence-corrected chi connectivity index (χ1v) is 8.21. The molecule has 1 heterocycles. The number of anilines is 1. The van der Waals surface area contributed by atoms with Crippen LogP contribution >= 0.6 is 11.6 Å². The van der Waals surface area contributed by atoms with E-state index in [0.717, 1.165) is 36.9 Å². The fourth-order valence-corrected chi connectivity index (χ4v) is 2.95. The minimum absolute atomic E-state index is 0.0960. The normalized spacial score (nSPS) is 18.1. The zero-order chi connectivity index (χ0) is 16.3. The average molecular weight is 324 g/mol. The lowest BCUT2D eigenvalue weighted by atomic mass is 10.1. The Bertz CT molecular complexity index is 519. The van der Waals surface area contributed by atoms with E-state index >= 15 is 0 Å². The number of para-hydroxylation sites is 1. The van der Waals surface area contributed by atoms with Gasteiger partial charge in [-0.25, -0.2) is 0 Å². The number of nitrogens with zero attached hydrogens (tertiary/aromatic N) is 2. The third-order valence-corrected chi connectivity index (χ3v) is 4.25. The van der Waals surface area contributed by atoms with Gasteiger partial charge in [0.1, 0.15) is 0 Å². The van der Waals surface area contributed by atoms with E-state index in [4.69, 9.17) is 11.6 Å². The van der Waals surface area contributed by atoms with Crippen molar-refractivity contribution in [1.82, 2.24) is 10.2 Å². The van der Waals surface area contributed by atoms with Gasteiger partial charge in [0.2, 0.25) is 5.91 Å². The van der Waals surface area contributed by atoms with Gasteiger partial charge in [0.15, 0.2) is 0 Å². The van der Waals surface area contributed by atoms with Crippen LogP contribution in [-0.2, 0) is 4.79 Å². The van der Waals surface area contributed by atoms with Crippen LogP contribution in [0.1, 0.15) is 27.7 Å². The molecule has 0 aliphatic carbocycles. The number of benzene rings is 1. The third-order valence-electron chi connectivity index (χ3n) is 3.93. The Morgan fingerprint density at radius 3 is 2.32 bits per heavy atom. The first-order chi connectivity index (χ1) is 10.3. The molecule has 1 amide bonds. The second-order valence-corrected chi connectivity index (χ2v) is 7.30. The lowest BCUT2D eigenvalue weighted by molar-refractivity contribution is -0.127. The van der Waals surface area contributed by atoms with E-state index in [0.29, 0.717) is 0 Å². The molecule has 1 fully saturated rings.